The number of nitrogen functional groups attached to an aromatic ring is 1. The quantitative estimate of drug-likeness (QED) is 0.551. The number of hydrogen-bond donors (Lipinski definition) is 2. The van der Waals surface area contributed by atoms with Crippen LogP contribution < -0.4 is 10.6 Å². The van der Waals surface area contributed by atoms with Crippen LogP contribution in [0.3, 0.4) is 0 Å². The molecular weight excluding hydrogens is 176 g/mol. The lowest BCUT2D eigenvalue weighted by atomic mass is 10.3. The topological polar surface area (TPSA) is 66.0 Å². The highest BCUT2D eigenvalue weighted by Crippen LogP contribution is 2.29. The molecule has 0 amide bonds. The number of nitrogens with zero attached hydrogens (tertiary/aromatic N) is 2. The SMILES string of the molecule is CN(c1ccc(C(=N)N)nc1)C1CC1. The Morgan fingerprint density at radius 1 is 1.57 bits per heavy atom. The molecule has 1 aromatic heterocycles. The van der Waals surface area contributed by atoms with Crippen molar-refractivity contribution in [3.8, 4) is 0 Å². The summed E-state index contributed by atoms with van der Waals surface area (Å²) in [5.41, 5.74) is 6.95. The van der Waals surface area contributed by atoms with Crippen molar-refractivity contribution in [1.82, 2.24) is 4.98 Å². The average molecular weight is 190 g/mol. The van der Waals surface area contributed by atoms with Crippen LogP contribution in [-0.4, -0.2) is 23.9 Å². The van der Waals surface area contributed by atoms with E-state index < -0.39 is 0 Å². The van der Waals surface area contributed by atoms with Gasteiger partial charge in [0.05, 0.1) is 11.9 Å². The third-order valence-electron chi connectivity index (χ3n) is 2.53. The Labute approximate surface area is 83.3 Å². The van der Waals surface area contributed by atoms with E-state index in [9.17, 15) is 0 Å². The third-order valence-corrected chi connectivity index (χ3v) is 2.53. The maximum absolute atomic E-state index is 7.21. The molecule has 0 radical (unpaired) electrons. The van der Waals surface area contributed by atoms with Gasteiger partial charge in [0, 0.05) is 13.1 Å². The molecule has 74 valence electrons. The summed E-state index contributed by atoms with van der Waals surface area (Å²) in [5, 5.41) is 7.21. The molecule has 1 saturated carbocycles. The van der Waals surface area contributed by atoms with Gasteiger partial charge in [0.25, 0.3) is 0 Å². The molecule has 1 aliphatic rings. The zero-order valence-corrected chi connectivity index (χ0v) is 8.20. The first-order chi connectivity index (χ1) is 6.68. The molecule has 1 heterocycles. The summed E-state index contributed by atoms with van der Waals surface area (Å²) < 4.78 is 0. The van der Waals surface area contributed by atoms with E-state index in [1.165, 1.54) is 12.8 Å². The van der Waals surface area contributed by atoms with Crippen molar-refractivity contribution in [3.05, 3.63) is 24.0 Å². The van der Waals surface area contributed by atoms with Gasteiger partial charge in [-0.15, -0.1) is 0 Å². The molecule has 0 saturated heterocycles. The molecule has 14 heavy (non-hydrogen) atoms. The fraction of sp³-hybridized carbons (Fsp3) is 0.400. The number of nitrogens with two attached hydrogens (primary N) is 1. The van der Waals surface area contributed by atoms with E-state index in [0.717, 1.165) is 5.69 Å². The standard InChI is InChI=1S/C10H14N4/c1-14(7-2-3-7)8-4-5-9(10(11)12)13-6-8/h4-7H,2-3H2,1H3,(H3,11,12). The number of hydrogen-bond acceptors (Lipinski definition) is 3. The Balaban J connectivity index is 2.16. The first-order valence-electron chi connectivity index (χ1n) is 4.72. The van der Waals surface area contributed by atoms with E-state index in [-0.39, 0.29) is 5.84 Å². The molecule has 0 atom stereocenters. The van der Waals surface area contributed by atoms with Gasteiger partial charge in [-0.2, -0.15) is 0 Å². The van der Waals surface area contributed by atoms with Gasteiger partial charge in [0.1, 0.15) is 11.5 Å². The lowest BCUT2D eigenvalue weighted by Crippen LogP contribution is -2.20. The van der Waals surface area contributed by atoms with Crippen molar-refractivity contribution in [2.45, 2.75) is 18.9 Å². The van der Waals surface area contributed by atoms with Gasteiger partial charge in [-0.25, -0.2) is 0 Å². The number of nitrogens with one attached hydrogen (secondary N) is 1. The fourth-order valence-electron chi connectivity index (χ4n) is 1.43. The van der Waals surface area contributed by atoms with E-state index in [1.807, 2.05) is 6.07 Å². The van der Waals surface area contributed by atoms with E-state index in [4.69, 9.17) is 11.1 Å². The Kier molecular flexibility index (Phi) is 2.11. The maximum atomic E-state index is 7.21. The summed E-state index contributed by atoms with van der Waals surface area (Å²) in [7, 11) is 2.07. The van der Waals surface area contributed by atoms with Gasteiger partial charge in [0.15, 0.2) is 0 Å². The largest absolute Gasteiger partial charge is 0.382 e. The van der Waals surface area contributed by atoms with Crippen molar-refractivity contribution >= 4 is 11.5 Å². The molecule has 4 nitrogen and oxygen atoms in total. The van der Waals surface area contributed by atoms with Crippen LogP contribution in [0.2, 0.25) is 0 Å². The lowest BCUT2D eigenvalue weighted by molar-refractivity contribution is 0.911. The first kappa shape index (κ1) is 8.99. The van der Waals surface area contributed by atoms with Crippen LogP contribution in [0.15, 0.2) is 18.3 Å². The number of pyridine rings is 1. The van der Waals surface area contributed by atoms with Crippen molar-refractivity contribution < 1.29 is 0 Å². The minimum absolute atomic E-state index is 0.0191. The number of anilines is 1. The minimum atomic E-state index is 0.0191. The van der Waals surface area contributed by atoms with Crippen LogP contribution in [0.5, 0.6) is 0 Å². The van der Waals surface area contributed by atoms with Gasteiger partial charge in [-0.3, -0.25) is 10.4 Å². The summed E-state index contributed by atoms with van der Waals surface area (Å²) in [6.07, 6.45) is 4.31. The summed E-state index contributed by atoms with van der Waals surface area (Å²) >= 11 is 0. The summed E-state index contributed by atoms with van der Waals surface area (Å²) in [4.78, 5) is 6.34. The summed E-state index contributed by atoms with van der Waals surface area (Å²) in [6.45, 7) is 0. The molecule has 1 aromatic rings. The molecule has 0 aromatic carbocycles. The molecule has 1 aliphatic carbocycles. The highest BCUT2D eigenvalue weighted by Gasteiger charge is 2.26. The zero-order valence-electron chi connectivity index (χ0n) is 8.20. The molecular formula is C10H14N4. The average Bonchev–Trinajstić information content (AvgIpc) is 3.00. The molecule has 1 fully saturated rings. The first-order valence-corrected chi connectivity index (χ1v) is 4.72. The molecule has 0 aliphatic heterocycles. The Morgan fingerprint density at radius 3 is 2.71 bits per heavy atom. The molecule has 4 heteroatoms. The fourth-order valence-corrected chi connectivity index (χ4v) is 1.43. The van der Waals surface area contributed by atoms with Crippen molar-refractivity contribution in [1.29, 1.82) is 5.41 Å². The van der Waals surface area contributed by atoms with Crippen LogP contribution >= 0.6 is 0 Å². The molecule has 0 bridgehead atoms. The predicted octanol–water partition coefficient (Wildman–Crippen LogP) is 0.964. The second-order valence-electron chi connectivity index (χ2n) is 3.66. The van der Waals surface area contributed by atoms with Crippen LogP contribution in [0.4, 0.5) is 5.69 Å². The number of amidine groups is 1. The van der Waals surface area contributed by atoms with Crippen LogP contribution in [0.1, 0.15) is 18.5 Å². The summed E-state index contributed by atoms with van der Waals surface area (Å²) in [6, 6.07) is 4.43. The molecule has 0 unspecified atom stereocenters. The van der Waals surface area contributed by atoms with Gasteiger partial charge in [-0.05, 0) is 25.0 Å². The van der Waals surface area contributed by atoms with Crippen LogP contribution in [0, 0.1) is 5.41 Å². The van der Waals surface area contributed by atoms with Gasteiger partial charge in [-0.1, -0.05) is 0 Å². The molecule has 3 N–H and O–H groups in total. The Morgan fingerprint density at radius 2 is 2.29 bits per heavy atom. The van der Waals surface area contributed by atoms with Crippen molar-refractivity contribution in [2.24, 2.45) is 5.73 Å². The lowest BCUT2D eigenvalue weighted by Gasteiger charge is -2.17. The maximum Gasteiger partial charge on any atom is 0.141 e. The Bertz CT molecular complexity index is 340. The Hall–Kier alpha value is -1.58. The monoisotopic (exact) mass is 190 g/mol. The number of rotatable bonds is 3. The summed E-state index contributed by atoms with van der Waals surface area (Å²) in [5.74, 6) is 0.0191. The minimum Gasteiger partial charge on any atom is -0.382 e. The zero-order chi connectivity index (χ0) is 10.1. The van der Waals surface area contributed by atoms with Crippen molar-refractivity contribution in [3.63, 3.8) is 0 Å². The smallest absolute Gasteiger partial charge is 0.141 e. The number of aromatic nitrogens is 1. The highest BCUT2D eigenvalue weighted by atomic mass is 15.2. The van der Waals surface area contributed by atoms with E-state index in [0.29, 0.717) is 11.7 Å². The predicted molar refractivity (Wildman–Crippen MR) is 56.7 cm³/mol. The van der Waals surface area contributed by atoms with E-state index in [1.54, 1.807) is 12.3 Å². The van der Waals surface area contributed by atoms with Gasteiger partial charge >= 0.3 is 0 Å². The van der Waals surface area contributed by atoms with E-state index in [2.05, 4.69) is 16.9 Å². The van der Waals surface area contributed by atoms with Gasteiger partial charge < -0.3 is 10.6 Å². The highest BCUT2D eigenvalue weighted by molar-refractivity contribution is 5.93. The normalized spacial score (nSPS) is 15.2. The molecule has 0 spiro atoms. The van der Waals surface area contributed by atoms with Crippen LogP contribution in [0.25, 0.3) is 0 Å². The van der Waals surface area contributed by atoms with E-state index >= 15 is 0 Å². The second-order valence-corrected chi connectivity index (χ2v) is 3.66. The van der Waals surface area contributed by atoms with Crippen molar-refractivity contribution in [2.75, 3.05) is 11.9 Å². The van der Waals surface area contributed by atoms with Crippen LogP contribution in [-0.2, 0) is 0 Å². The third kappa shape index (κ3) is 1.69. The second kappa shape index (κ2) is 3.29. The molecule has 2 rings (SSSR count). The van der Waals surface area contributed by atoms with Gasteiger partial charge in [0.2, 0.25) is 0 Å².